The van der Waals surface area contributed by atoms with Crippen LogP contribution < -0.4 is 14.8 Å². The van der Waals surface area contributed by atoms with Gasteiger partial charge in [-0.05, 0) is 65.9 Å². The summed E-state index contributed by atoms with van der Waals surface area (Å²) in [5.41, 5.74) is 11.0. The summed E-state index contributed by atoms with van der Waals surface area (Å²) in [5, 5.41) is 15.8. The molecule has 0 bridgehead atoms. The SMILES string of the molecule is COc1ccccc1CCNC(=O)[C@]1(Cc2ccccc2CN=[N+]=[N-])N=C(c2ccc(OCCCO)cc2)O[C@@H]1C. The predicted octanol–water partition coefficient (Wildman–Crippen LogP) is 4.77. The first-order chi connectivity index (χ1) is 20.0. The molecule has 0 saturated heterocycles. The Morgan fingerprint density at radius 2 is 1.80 bits per heavy atom. The van der Waals surface area contributed by atoms with E-state index < -0.39 is 11.6 Å². The average Bonchev–Trinajstić information content (AvgIpc) is 3.34. The maximum absolute atomic E-state index is 14.0. The van der Waals surface area contributed by atoms with Crippen LogP contribution in [-0.2, 0) is 28.9 Å². The number of hydrogen-bond donors (Lipinski definition) is 2. The highest BCUT2D eigenvalue weighted by Gasteiger charge is 2.50. The lowest BCUT2D eigenvalue weighted by Gasteiger charge is -2.29. The lowest BCUT2D eigenvalue weighted by atomic mass is 9.84. The van der Waals surface area contributed by atoms with Crippen LogP contribution in [0.25, 0.3) is 10.4 Å². The Labute approximate surface area is 239 Å². The van der Waals surface area contributed by atoms with Gasteiger partial charge in [0.1, 0.15) is 17.6 Å². The Hall–Kier alpha value is -4.53. The number of methoxy groups -OCH3 is 1. The van der Waals surface area contributed by atoms with Gasteiger partial charge in [0.2, 0.25) is 5.90 Å². The molecule has 2 N–H and O–H groups in total. The number of nitrogens with one attached hydrogen (secondary N) is 1. The van der Waals surface area contributed by atoms with Crippen LogP contribution in [0.2, 0.25) is 0 Å². The first kappa shape index (κ1) is 29.5. The Morgan fingerprint density at radius 3 is 2.51 bits per heavy atom. The van der Waals surface area contributed by atoms with Crippen LogP contribution in [0.5, 0.6) is 11.5 Å². The van der Waals surface area contributed by atoms with Crippen molar-refractivity contribution in [2.75, 3.05) is 26.9 Å². The summed E-state index contributed by atoms with van der Waals surface area (Å²) in [7, 11) is 1.63. The van der Waals surface area contributed by atoms with E-state index in [0.717, 1.165) is 28.0 Å². The van der Waals surface area contributed by atoms with Gasteiger partial charge in [0.05, 0.1) is 20.3 Å². The average molecular weight is 558 g/mol. The number of hydrogen-bond acceptors (Lipinski definition) is 7. The van der Waals surface area contributed by atoms with Gasteiger partial charge in [-0.15, -0.1) is 0 Å². The van der Waals surface area contributed by atoms with Crippen molar-refractivity contribution >= 4 is 11.8 Å². The Kier molecular flexibility index (Phi) is 10.2. The lowest BCUT2D eigenvalue weighted by Crippen LogP contribution is -2.53. The van der Waals surface area contributed by atoms with Gasteiger partial charge in [0.15, 0.2) is 5.54 Å². The molecule has 0 aromatic heterocycles. The largest absolute Gasteiger partial charge is 0.496 e. The van der Waals surface area contributed by atoms with Crippen LogP contribution in [-0.4, -0.2) is 55.4 Å². The number of aliphatic imine (C=N–C) groups is 1. The molecule has 3 aromatic carbocycles. The molecule has 10 heteroatoms. The number of benzene rings is 3. The van der Waals surface area contributed by atoms with Crippen LogP contribution in [0.15, 0.2) is 82.9 Å². The number of carbonyl (C=O) groups is 1. The minimum atomic E-state index is -1.25. The third-order valence-corrected chi connectivity index (χ3v) is 7.08. The highest BCUT2D eigenvalue weighted by molar-refractivity contribution is 6.01. The van der Waals surface area contributed by atoms with E-state index in [0.29, 0.717) is 37.6 Å². The first-order valence-electron chi connectivity index (χ1n) is 13.6. The standard InChI is InChI=1S/C31H35N5O5/c1-22-31(20-25-9-3-4-10-26(25)21-34-36-32,30(38)33-17-16-23-8-5-6-11-28(23)39-2)35-29(41-22)24-12-14-27(15-13-24)40-19-7-18-37/h3-6,8-15,22,37H,7,16-21H2,1-2H3,(H,33,38)/t22-,31-/m1/s1. The first-order valence-corrected chi connectivity index (χ1v) is 13.6. The zero-order valence-electron chi connectivity index (χ0n) is 23.3. The van der Waals surface area contributed by atoms with E-state index in [1.165, 1.54) is 0 Å². The highest BCUT2D eigenvalue weighted by Crippen LogP contribution is 2.34. The fourth-order valence-electron chi connectivity index (χ4n) is 4.80. The highest BCUT2D eigenvalue weighted by atomic mass is 16.5. The van der Waals surface area contributed by atoms with Crippen molar-refractivity contribution in [1.82, 2.24) is 5.32 Å². The number of ether oxygens (including phenoxy) is 3. The summed E-state index contributed by atoms with van der Waals surface area (Å²) >= 11 is 0. The van der Waals surface area contributed by atoms with Crippen molar-refractivity contribution in [2.45, 2.75) is 44.4 Å². The number of azide groups is 1. The zero-order valence-corrected chi connectivity index (χ0v) is 23.3. The van der Waals surface area contributed by atoms with Gasteiger partial charge >= 0.3 is 0 Å². The molecule has 1 aliphatic rings. The minimum absolute atomic E-state index is 0.0651. The summed E-state index contributed by atoms with van der Waals surface area (Å²) in [5.74, 6) is 1.55. The molecule has 3 aromatic rings. The number of nitrogens with zero attached hydrogens (tertiary/aromatic N) is 4. The topological polar surface area (TPSA) is 138 Å². The molecule has 41 heavy (non-hydrogen) atoms. The molecular weight excluding hydrogens is 522 g/mol. The summed E-state index contributed by atoms with van der Waals surface area (Å²) in [6.45, 7) is 2.88. The second-order valence-electron chi connectivity index (χ2n) is 9.70. The van der Waals surface area contributed by atoms with Crippen molar-refractivity contribution < 1.29 is 24.1 Å². The van der Waals surface area contributed by atoms with Crippen molar-refractivity contribution in [3.8, 4) is 11.5 Å². The van der Waals surface area contributed by atoms with Crippen molar-refractivity contribution in [2.24, 2.45) is 10.1 Å². The van der Waals surface area contributed by atoms with Gasteiger partial charge in [-0.2, -0.15) is 0 Å². The summed E-state index contributed by atoms with van der Waals surface area (Å²) in [6, 6.07) is 22.6. The summed E-state index contributed by atoms with van der Waals surface area (Å²) < 4.78 is 17.3. The quantitative estimate of drug-likeness (QED) is 0.127. The molecule has 4 rings (SSSR count). The molecule has 0 spiro atoms. The van der Waals surface area contributed by atoms with Crippen LogP contribution in [0, 0.1) is 0 Å². The van der Waals surface area contributed by atoms with Gasteiger partial charge in [-0.1, -0.05) is 47.6 Å². The Balaban J connectivity index is 1.62. The van der Waals surface area contributed by atoms with Crippen molar-refractivity contribution in [3.05, 3.63) is 105 Å². The second-order valence-corrected chi connectivity index (χ2v) is 9.70. The molecule has 0 unspecified atom stereocenters. The molecule has 1 aliphatic heterocycles. The van der Waals surface area contributed by atoms with Gasteiger partial charge in [-0.3, -0.25) is 4.79 Å². The van der Waals surface area contributed by atoms with Gasteiger partial charge < -0.3 is 24.6 Å². The molecule has 0 fully saturated rings. The van der Waals surface area contributed by atoms with Crippen LogP contribution in [0.4, 0.5) is 0 Å². The molecule has 1 heterocycles. The van der Waals surface area contributed by atoms with Gasteiger partial charge in [-0.25, -0.2) is 4.99 Å². The molecule has 0 radical (unpaired) electrons. The van der Waals surface area contributed by atoms with E-state index >= 15 is 0 Å². The predicted molar refractivity (Wildman–Crippen MR) is 156 cm³/mol. The molecule has 2 atom stereocenters. The number of aliphatic hydroxyl groups excluding tert-OH is 1. The zero-order chi connectivity index (χ0) is 29.1. The van der Waals surface area contributed by atoms with Crippen LogP contribution in [0.1, 0.15) is 35.6 Å². The number of aliphatic hydroxyl groups is 1. The minimum Gasteiger partial charge on any atom is -0.496 e. The van der Waals surface area contributed by atoms with E-state index in [1.54, 1.807) is 7.11 Å². The summed E-state index contributed by atoms with van der Waals surface area (Å²) in [4.78, 5) is 21.8. The van der Waals surface area contributed by atoms with Crippen molar-refractivity contribution in [3.63, 3.8) is 0 Å². The number of amides is 1. The smallest absolute Gasteiger partial charge is 0.252 e. The van der Waals surface area contributed by atoms with E-state index in [1.807, 2.05) is 79.7 Å². The molecule has 0 saturated carbocycles. The fraction of sp³-hybridized carbons (Fsp3) is 0.355. The lowest BCUT2D eigenvalue weighted by molar-refractivity contribution is -0.128. The van der Waals surface area contributed by atoms with E-state index in [2.05, 4.69) is 15.3 Å². The monoisotopic (exact) mass is 557 g/mol. The third kappa shape index (κ3) is 7.16. The van der Waals surface area contributed by atoms with E-state index in [-0.39, 0.29) is 25.5 Å². The van der Waals surface area contributed by atoms with E-state index in [9.17, 15) is 4.79 Å². The summed E-state index contributed by atoms with van der Waals surface area (Å²) in [6.07, 6.45) is 0.822. The fourth-order valence-corrected chi connectivity index (χ4v) is 4.80. The van der Waals surface area contributed by atoms with E-state index in [4.69, 9.17) is 29.8 Å². The Bertz CT molecular complexity index is 1400. The molecular formula is C31H35N5O5. The van der Waals surface area contributed by atoms with Crippen LogP contribution >= 0.6 is 0 Å². The van der Waals surface area contributed by atoms with Crippen molar-refractivity contribution in [1.29, 1.82) is 0 Å². The molecule has 0 aliphatic carbocycles. The second kappa shape index (κ2) is 14.2. The normalized spacial score (nSPS) is 17.6. The van der Waals surface area contributed by atoms with Crippen LogP contribution in [0.3, 0.4) is 0 Å². The number of para-hydroxylation sites is 1. The maximum atomic E-state index is 14.0. The maximum Gasteiger partial charge on any atom is 0.252 e. The third-order valence-electron chi connectivity index (χ3n) is 7.08. The molecule has 214 valence electrons. The Morgan fingerprint density at radius 1 is 1.10 bits per heavy atom. The number of carbonyl (C=O) groups excluding carboxylic acids is 1. The molecule has 1 amide bonds. The number of rotatable bonds is 14. The molecule has 10 nitrogen and oxygen atoms in total. The van der Waals surface area contributed by atoms with Gasteiger partial charge in [0.25, 0.3) is 5.91 Å². The van der Waals surface area contributed by atoms with Gasteiger partial charge in [0, 0.05) is 36.5 Å².